The third-order valence-electron chi connectivity index (χ3n) is 2.62. The molecule has 3 nitrogen and oxygen atoms in total. The van der Waals surface area contributed by atoms with Crippen LogP contribution >= 0.6 is 0 Å². The van der Waals surface area contributed by atoms with Crippen molar-refractivity contribution in [3.63, 3.8) is 0 Å². The van der Waals surface area contributed by atoms with Gasteiger partial charge in [0, 0.05) is 0 Å². The molecule has 1 atom stereocenters. The Kier molecular flexibility index (Phi) is 2.33. The largest absolute Gasteiger partial charge is 0.496 e. The Morgan fingerprint density at radius 3 is 3.14 bits per heavy atom. The van der Waals surface area contributed by atoms with Crippen LogP contribution in [0.5, 0.6) is 5.75 Å². The zero-order valence-corrected chi connectivity index (χ0v) is 7.99. The summed E-state index contributed by atoms with van der Waals surface area (Å²) in [5.74, 6) is 0.895. The lowest BCUT2D eigenvalue weighted by atomic mass is 10.1. The highest BCUT2D eigenvalue weighted by molar-refractivity contribution is 5.47. The number of hydrogen-bond acceptors (Lipinski definition) is 3. The molecule has 2 rings (SSSR count). The number of rotatable bonds is 2. The van der Waals surface area contributed by atoms with Crippen molar-refractivity contribution >= 4 is 6.08 Å². The van der Waals surface area contributed by atoms with Crippen LogP contribution in [0.25, 0.3) is 0 Å². The lowest BCUT2D eigenvalue weighted by Gasteiger charge is -2.07. The van der Waals surface area contributed by atoms with Gasteiger partial charge in [-0.15, -0.1) is 0 Å². The van der Waals surface area contributed by atoms with Crippen molar-refractivity contribution in [2.24, 2.45) is 4.99 Å². The van der Waals surface area contributed by atoms with Crippen molar-refractivity contribution in [3.05, 3.63) is 29.3 Å². The number of methoxy groups -OCH3 is 1. The molecule has 0 aliphatic heterocycles. The molecule has 0 heterocycles. The SMILES string of the molecule is COc1cccc2c1CCC2N=C=O. The van der Waals surface area contributed by atoms with Gasteiger partial charge in [0.25, 0.3) is 0 Å². The number of benzene rings is 1. The number of fused-ring (bicyclic) bond motifs is 1. The average Bonchev–Trinajstić information content (AvgIpc) is 2.62. The highest BCUT2D eigenvalue weighted by atomic mass is 16.5. The van der Waals surface area contributed by atoms with Gasteiger partial charge in [0.05, 0.1) is 13.2 Å². The summed E-state index contributed by atoms with van der Waals surface area (Å²) in [5, 5.41) is 0. The fraction of sp³-hybridized carbons (Fsp3) is 0.364. The van der Waals surface area contributed by atoms with Crippen LogP contribution in [0.4, 0.5) is 0 Å². The topological polar surface area (TPSA) is 38.7 Å². The van der Waals surface area contributed by atoms with E-state index in [9.17, 15) is 4.79 Å². The maximum atomic E-state index is 10.2. The van der Waals surface area contributed by atoms with Gasteiger partial charge in [-0.3, -0.25) is 0 Å². The van der Waals surface area contributed by atoms with Gasteiger partial charge in [-0.05, 0) is 30.0 Å². The van der Waals surface area contributed by atoms with Gasteiger partial charge < -0.3 is 4.74 Å². The molecule has 14 heavy (non-hydrogen) atoms. The highest BCUT2D eigenvalue weighted by Crippen LogP contribution is 2.38. The monoisotopic (exact) mass is 189 g/mol. The second kappa shape index (κ2) is 3.64. The van der Waals surface area contributed by atoms with Crippen LogP contribution < -0.4 is 4.74 Å². The molecule has 1 aromatic rings. The summed E-state index contributed by atoms with van der Waals surface area (Å²) in [6.45, 7) is 0. The molecule has 0 saturated carbocycles. The van der Waals surface area contributed by atoms with Crippen molar-refractivity contribution in [1.82, 2.24) is 0 Å². The summed E-state index contributed by atoms with van der Waals surface area (Å²) in [6, 6.07) is 5.84. The van der Waals surface area contributed by atoms with Crippen molar-refractivity contribution in [3.8, 4) is 5.75 Å². The second-order valence-corrected chi connectivity index (χ2v) is 3.30. The van der Waals surface area contributed by atoms with E-state index in [0.29, 0.717) is 0 Å². The number of isocyanates is 1. The minimum Gasteiger partial charge on any atom is -0.496 e. The van der Waals surface area contributed by atoms with Gasteiger partial charge in [0.1, 0.15) is 5.75 Å². The number of carbonyl (C=O) groups excluding carboxylic acids is 1. The lowest BCUT2D eigenvalue weighted by molar-refractivity contribution is 0.410. The van der Waals surface area contributed by atoms with Crippen molar-refractivity contribution in [2.75, 3.05) is 7.11 Å². The minimum atomic E-state index is -0.0161. The first-order valence-corrected chi connectivity index (χ1v) is 4.59. The number of hydrogen-bond donors (Lipinski definition) is 0. The van der Waals surface area contributed by atoms with Crippen LogP contribution in [0, 0.1) is 0 Å². The Bertz CT molecular complexity index is 394. The first-order chi connectivity index (χ1) is 6.86. The van der Waals surface area contributed by atoms with Crippen LogP contribution in [0.3, 0.4) is 0 Å². The number of aliphatic imine (C=N–C) groups is 1. The van der Waals surface area contributed by atoms with Crippen molar-refractivity contribution in [1.29, 1.82) is 0 Å². The van der Waals surface area contributed by atoms with Gasteiger partial charge in [-0.1, -0.05) is 12.1 Å². The van der Waals surface area contributed by atoms with E-state index >= 15 is 0 Å². The quantitative estimate of drug-likeness (QED) is 0.527. The van der Waals surface area contributed by atoms with E-state index in [1.807, 2.05) is 18.2 Å². The molecular formula is C11H11NO2. The Hall–Kier alpha value is -1.60. The van der Waals surface area contributed by atoms with E-state index in [1.165, 1.54) is 5.56 Å². The molecule has 72 valence electrons. The summed E-state index contributed by atoms with van der Waals surface area (Å²) in [4.78, 5) is 14.0. The molecule has 1 aliphatic rings. The minimum absolute atomic E-state index is 0.0161. The molecule has 1 unspecified atom stereocenters. The van der Waals surface area contributed by atoms with E-state index in [1.54, 1.807) is 13.2 Å². The van der Waals surface area contributed by atoms with Crippen LogP contribution in [0.2, 0.25) is 0 Å². The Balaban J connectivity index is 2.46. The molecule has 1 aromatic carbocycles. The number of ether oxygens (including phenoxy) is 1. The van der Waals surface area contributed by atoms with Gasteiger partial charge in [0.15, 0.2) is 0 Å². The van der Waals surface area contributed by atoms with E-state index in [0.717, 1.165) is 24.2 Å². The van der Waals surface area contributed by atoms with Crippen LogP contribution in [0.1, 0.15) is 23.6 Å². The molecule has 0 radical (unpaired) electrons. The standard InChI is InChI=1S/C11H11NO2/c1-14-11-4-2-3-8-9(11)5-6-10(8)12-7-13/h2-4,10H,5-6H2,1H3. The molecule has 3 heteroatoms. The first-order valence-electron chi connectivity index (χ1n) is 4.59. The predicted octanol–water partition coefficient (Wildman–Crippen LogP) is 2.02. The predicted molar refractivity (Wildman–Crippen MR) is 52.2 cm³/mol. The van der Waals surface area contributed by atoms with Crippen molar-refractivity contribution < 1.29 is 9.53 Å². The molecule has 0 saturated heterocycles. The fourth-order valence-electron chi connectivity index (χ4n) is 1.99. The van der Waals surface area contributed by atoms with Gasteiger partial charge in [-0.2, -0.15) is 4.99 Å². The normalized spacial score (nSPS) is 18.5. The molecule has 0 aromatic heterocycles. The van der Waals surface area contributed by atoms with Gasteiger partial charge in [0.2, 0.25) is 6.08 Å². The number of nitrogens with zero attached hydrogens (tertiary/aromatic N) is 1. The third kappa shape index (κ3) is 1.32. The van der Waals surface area contributed by atoms with E-state index in [2.05, 4.69) is 4.99 Å². The smallest absolute Gasteiger partial charge is 0.235 e. The van der Waals surface area contributed by atoms with Crippen molar-refractivity contribution in [2.45, 2.75) is 18.9 Å². The summed E-state index contributed by atoms with van der Waals surface area (Å²) >= 11 is 0. The van der Waals surface area contributed by atoms with Crippen LogP contribution in [0.15, 0.2) is 23.2 Å². The molecule has 0 bridgehead atoms. The zero-order chi connectivity index (χ0) is 9.97. The van der Waals surface area contributed by atoms with Crippen LogP contribution in [-0.4, -0.2) is 13.2 Å². The molecule has 0 N–H and O–H groups in total. The van der Waals surface area contributed by atoms with Gasteiger partial charge in [-0.25, -0.2) is 4.79 Å². The lowest BCUT2D eigenvalue weighted by Crippen LogP contribution is -1.91. The Morgan fingerprint density at radius 2 is 2.43 bits per heavy atom. The zero-order valence-electron chi connectivity index (χ0n) is 7.99. The Labute approximate surface area is 82.4 Å². The van der Waals surface area contributed by atoms with E-state index in [4.69, 9.17) is 4.74 Å². The summed E-state index contributed by atoms with van der Waals surface area (Å²) in [7, 11) is 1.66. The molecule has 0 fully saturated rings. The molecule has 0 amide bonds. The maximum Gasteiger partial charge on any atom is 0.235 e. The van der Waals surface area contributed by atoms with Gasteiger partial charge >= 0.3 is 0 Å². The highest BCUT2D eigenvalue weighted by Gasteiger charge is 2.24. The molecular weight excluding hydrogens is 178 g/mol. The van der Waals surface area contributed by atoms with E-state index < -0.39 is 0 Å². The fourth-order valence-corrected chi connectivity index (χ4v) is 1.99. The summed E-state index contributed by atoms with van der Waals surface area (Å²) in [5.41, 5.74) is 2.28. The second-order valence-electron chi connectivity index (χ2n) is 3.30. The van der Waals surface area contributed by atoms with E-state index in [-0.39, 0.29) is 6.04 Å². The Morgan fingerprint density at radius 1 is 1.57 bits per heavy atom. The summed E-state index contributed by atoms with van der Waals surface area (Å²) in [6.07, 6.45) is 3.43. The third-order valence-corrected chi connectivity index (χ3v) is 2.62. The first kappa shape index (κ1) is 8.97. The maximum absolute atomic E-state index is 10.2. The van der Waals surface area contributed by atoms with Crippen LogP contribution in [-0.2, 0) is 11.2 Å². The molecule has 0 spiro atoms. The average molecular weight is 189 g/mol. The summed E-state index contributed by atoms with van der Waals surface area (Å²) < 4.78 is 5.24. The molecule has 1 aliphatic carbocycles.